The molecule has 0 aromatic heterocycles. The van der Waals surface area contributed by atoms with E-state index in [9.17, 15) is 24.6 Å². The van der Waals surface area contributed by atoms with Gasteiger partial charge in [0.05, 0.1) is 6.10 Å². The predicted molar refractivity (Wildman–Crippen MR) is 67.7 cm³/mol. The summed E-state index contributed by atoms with van der Waals surface area (Å²) < 4.78 is 0. The van der Waals surface area contributed by atoms with Crippen molar-refractivity contribution in [3.05, 3.63) is 0 Å². The summed E-state index contributed by atoms with van der Waals surface area (Å²) in [6.45, 7) is 3.04. The minimum Gasteiger partial charge on any atom is -0.479 e. The van der Waals surface area contributed by atoms with Crippen LogP contribution in [-0.2, 0) is 14.4 Å². The van der Waals surface area contributed by atoms with Crippen molar-refractivity contribution >= 4 is 18.2 Å². The molecule has 0 rings (SSSR count). The molecular weight excluding hydrogens is 270 g/mol. The molecule has 0 saturated carbocycles. The molecule has 0 heterocycles. The molecule has 0 radical (unpaired) electrons. The molecule has 8 heteroatoms. The van der Waals surface area contributed by atoms with Crippen LogP contribution in [0, 0.1) is 11.8 Å². The fourth-order valence-electron chi connectivity index (χ4n) is 1.48. The normalized spacial score (nSPS) is 18.4. The number of carboxylic acid groups (broad SMARTS) is 1. The van der Waals surface area contributed by atoms with Crippen molar-refractivity contribution in [3.8, 4) is 0 Å². The van der Waals surface area contributed by atoms with Crippen molar-refractivity contribution < 1.29 is 34.8 Å². The van der Waals surface area contributed by atoms with Crippen molar-refractivity contribution in [2.24, 2.45) is 11.8 Å². The summed E-state index contributed by atoms with van der Waals surface area (Å²) >= 11 is 0. The van der Waals surface area contributed by atoms with E-state index in [-0.39, 0.29) is 13.0 Å². The molecule has 0 fully saturated rings. The number of amides is 1. The lowest BCUT2D eigenvalue weighted by molar-refractivity contribution is -0.160. The number of hydrogen-bond acceptors (Lipinski definition) is 6. The highest BCUT2D eigenvalue weighted by Crippen LogP contribution is 2.10. The Labute approximate surface area is 116 Å². The van der Waals surface area contributed by atoms with Crippen LogP contribution in [-0.4, -0.2) is 63.4 Å². The van der Waals surface area contributed by atoms with Gasteiger partial charge >= 0.3 is 5.97 Å². The molecule has 0 bridgehead atoms. The Balaban J connectivity index is 4.26. The maximum absolute atomic E-state index is 11.4. The smallest absolute Gasteiger partial charge is 0.335 e. The molecule has 0 aliphatic rings. The Morgan fingerprint density at radius 3 is 2.15 bits per heavy atom. The third kappa shape index (κ3) is 6.09. The second-order valence-electron chi connectivity index (χ2n) is 4.86. The Morgan fingerprint density at radius 1 is 1.15 bits per heavy atom. The average molecular weight is 291 g/mol. The van der Waals surface area contributed by atoms with Gasteiger partial charge in [0.1, 0.15) is 12.4 Å². The second kappa shape index (κ2) is 8.62. The number of aliphatic hydroxyl groups is 3. The molecule has 20 heavy (non-hydrogen) atoms. The molecule has 5 N–H and O–H groups in total. The quantitative estimate of drug-likeness (QED) is 0.313. The number of aliphatic carboxylic acids is 1. The molecule has 0 aliphatic heterocycles. The van der Waals surface area contributed by atoms with Gasteiger partial charge in [-0.2, -0.15) is 0 Å². The molecule has 0 saturated heterocycles. The van der Waals surface area contributed by atoms with Gasteiger partial charge in [-0.3, -0.25) is 4.79 Å². The summed E-state index contributed by atoms with van der Waals surface area (Å²) in [6, 6.07) is 0. The second-order valence-corrected chi connectivity index (χ2v) is 4.86. The van der Waals surface area contributed by atoms with Crippen LogP contribution in [0.15, 0.2) is 0 Å². The van der Waals surface area contributed by atoms with Gasteiger partial charge in [-0.1, -0.05) is 13.8 Å². The number of carbonyl (C=O) groups excluding carboxylic acids is 2. The Hall–Kier alpha value is -1.51. The van der Waals surface area contributed by atoms with Gasteiger partial charge in [-0.25, -0.2) is 4.79 Å². The van der Waals surface area contributed by atoms with Crippen molar-refractivity contribution in [1.82, 2.24) is 5.32 Å². The van der Waals surface area contributed by atoms with Gasteiger partial charge < -0.3 is 30.5 Å². The van der Waals surface area contributed by atoms with Gasteiger partial charge in [-0.05, 0) is 0 Å². The minimum absolute atomic E-state index is 0.00657. The van der Waals surface area contributed by atoms with E-state index in [1.807, 2.05) is 0 Å². The van der Waals surface area contributed by atoms with Crippen LogP contribution in [0.5, 0.6) is 0 Å². The van der Waals surface area contributed by atoms with Gasteiger partial charge in [0.25, 0.3) is 0 Å². The number of aldehydes is 1. The molecule has 116 valence electrons. The third-order valence-electron chi connectivity index (χ3n) is 2.87. The van der Waals surface area contributed by atoms with Crippen LogP contribution in [0.2, 0.25) is 0 Å². The molecule has 0 aromatic rings. The highest BCUT2D eigenvalue weighted by molar-refractivity contribution is 5.78. The number of carboxylic acids is 1. The number of aliphatic hydroxyl groups excluding tert-OH is 3. The summed E-state index contributed by atoms with van der Waals surface area (Å²) in [7, 11) is 0. The number of rotatable bonds is 9. The van der Waals surface area contributed by atoms with E-state index >= 15 is 0 Å². The molecule has 5 atom stereocenters. The summed E-state index contributed by atoms with van der Waals surface area (Å²) in [5, 5.41) is 39.2. The molecule has 0 aliphatic carbocycles. The lowest BCUT2D eigenvalue weighted by atomic mass is 9.96. The van der Waals surface area contributed by atoms with Crippen LogP contribution in [0.1, 0.15) is 20.3 Å². The lowest BCUT2D eigenvalue weighted by Crippen LogP contribution is -2.47. The van der Waals surface area contributed by atoms with E-state index < -0.39 is 42.0 Å². The fraction of sp³-hybridized carbons (Fsp3) is 0.750. The van der Waals surface area contributed by atoms with E-state index in [2.05, 4.69) is 5.32 Å². The molecule has 0 aromatic carbocycles. The van der Waals surface area contributed by atoms with Crippen LogP contribution in [0.25, 0.3) is 0 Å². The maximum Gasteiger partial charge on any atom is 0.335 e. The summed E-state index contributed by atoms with van der Waals surface area (Å²) in [4.78, 5) is 32.2. The van der Waals surface area contributed by atoms with Crippen molar-refractivity contribution in [2.45, 2.75) is 38.6 Å². The van der Waals surface area contributed by atoms with Crippen molar-refractivity contribution in [3.63, 3.8) is 0 Å². The van der Waals surface area contributed by atoms with Gasteiger partial charge in [0.2, 0.25) is 5.91 Å². The Bertz CT molecular complexity index is 347. The molecule has 8 nitrogen and oxygen atoms in total. The van der Waals surface area contributed by atoms with Crippen LogP contribution >= 0.6 is 0 Å². The van der Waals surface area contributed by atoms with Gasteiger partial charge in [0, 0.05) is 24.8 Å². The number of hydrogen-bond donors (Lipinski definition) is 5. The van der Waals surface area contributed by atoms with E-state index in [0.717, 1.165) is 0 Å². The van der Waals surface area contributed by atoms with E-state index in [1.165, 1.54) is 6.92 Å². The zero-order valence-corrected chi connectivity index (χ0v) is 11.4. The fourth-order valence-corrected chi connectivity index (χ4v) is 1.48. The zero-order valence-electron chi connectivity index (χ0n) is 11.4. The summed E-state index contributed by atoms with van der Waals surface area (Å²) in [5.74, 6) is -3.13. The SMILES string of the molecule is CC(C=O)CC(=O)NCC(C)C(O)C(O)C(O)C(=O)O. The number of carbonyl (C=O) groups is 3. The predicted octanol–water partition coefficient (Wildman–Crippen LogP) is -1.87. The standard InChI is InChI=1S/C12H21NO7/c1-6(5-14)3-8(15)13-4-7(2)9(16)10(17)11(18)12(19)20/h5-7,9-11,16-18H,3-4H2,1-2H3,(H,13,15)(H,19,20). The highest BCUT2D eigenvalue weighted by atomic mass is 16.4. The Morgan fingerprint density at radius 2 is 1.70 bits per heavy atom. The third-order valence-corrected chi connectivity index (χ3v) is 2.87. The molecular formula is C12H21NO7. The first-order valence-electron chi connectivity index (χ1n) is 6.19. The monoisotopic (exact) mass is 291 g/mol. The highest BCUT2D eigenvalue weighted by Gasteiger charge is 2.33. The zero-order chi connectivity index (χ0) is 15.9. The summed E-state index contributed by atoms with van der Waals surface area (Å²) in [6.07, 6.45) is -4.81. The van der Waals surface area contributed by atoms with Crippen molar-refractivity contribution in [2.75, 3.05) is 6.54 Å². The van der Waals surface area contributed by atoms with Gasteiger partial charge in [0.15, 0.2) is 6.10 Å². The molecule has 5 unspecified atom stereocenters. The van der Waals surface area contributed by atoms with Crippen molar-refractivity contribution in [1.29, 1.82) is 0 Å². The van der Waals surface area contributed by atoms with E-state index in [4.69, 9.17) is 10.2 Å². The molecule has 1 amide bonds. The minimum atomic E-state index is -2.10. The maximum atomic E-state index is 11.4. The van der Waals surface area contributed by atoms with Crippen LogP contribution < -0.4 is 5.32 Å². The Kier molecular flexibility index (Phi) is 7.97. The average Bonchev–Trinajstić information content (AvgIpc) is 2.41. The van der Waals surface area contributed by atoms with Crippen LogP contribution in [0.3, 0.4) is 0 Å². The summed E-state index contributed by atoms with van der Waals surface area (Å²) in [5.41, 5.74) is 0. The largest absolute Gasteiger partial charge is 0.479 e. The van der Waals surface area contributed by atoms with E-state index in [1.54, 1.807) is 6.92 Å². The number of nitrogens with one attached hydrogen (secondary N) is 1. The van der Waals surface area contributed by atoms with E-state index in [0.29, 0.717) is 6.29 Å². The first-order valence-corrected chi connectivity index (χ1v) is 6.19. The topological polar surface area (TPSA) is 144 Å². The van der Waals surface area contributed by atoms with Gasteiger partial charge in [-0.15, -0.1) is 0 Å². The molecule has 0 spiro atoms. The van der Waals surface area contributed by atoms with Crippen LogP contribution in [0.4, 0.5) is 0 Å². The first kappa shape index (κ1) is 18.5. The first-order chi connectivity index (χ1) is 9.20. The lowest BCUT2D eigenvalue weighted by Gasteiger charge is -2.25.